The van der Waals surface area contributed by atoms with Crippen molar-refractivity contribution in [3.8, 4) is 0 Å². The van der Waals surface area contributed by atoms with Crippen molar-refractivity contribution < 1.29 is 5.21 Å². The topological polar surface area (TPSA) is 44.3 Å². The van der Waals surface area contributed by atoms with Crippen LogP contribution in [0.1, 0.15) is 12.8 Å². The summed E-state index contributed by atoms with van der Waals surface area (Å²) in [5.74, 6) is 0.576. The van der Waals surface area contributed by atoms with E-state index < -0.39 is 0 Å². The van der Waals surface area contributed by atoms with Crippen LogP contribution in [-0.4, -0.2) is 5.21 Å². The molecule has 1 aliphatic carbocycles. The molecule has 0 saturated heterocycles. The standard InChI is InChI=1S/C11H13ClN2O/c1-7(8-2-3-8)13-11-6-9(14-15)4-5-10(11)12/h4-6,8,13-15H,1-3H2. The lowest BCUT2D eigenvalue weighted by atomic mass is 10.2. The second-order valence-electron chi connectivity index (χ2n) is 3.73. The molecule has 0 heterocycles. The third-order valence-electron chi connectivity index (χ3n) is 2.46. The second kappa shape index (κ2) is 4.13. The molecule has 0 radical (unpaired) electrons. The second-order valence-corrected chi connectivity index (χ2v) is 4.14. The number of rotatable bonds is 4. The molecule has 1 aliphatic rings. The summed E-state index contributed by atoms with van der Waals surface area (Å²) in [5.41, 5.74) is 4.45. The first-order valence-electron chi connectivity index (χ1n) is 4.86. The molecular formula is C11H13ClN2O. The zero-order valence-corrected chi connectivity index (χ0v) is 9.01. The molecule has 0 amide bonds. The largest absolute Gasteiger partial charge is 0.358 e. The van der Waals surface area contributed by atoms with E-state index in [1.54, 1.807) is 18.2 Å². The number of allylic oxidation sites excluding steroid dienone is 1. The zero-order chi connectivity index (χ0) is 10.8. The van der Waals surface area contributed by atoms with Crippen molar-refractivity contribution in [1.82, 2.24) is 0 Å². The minimum Gasteiger partial charge on any atom is -0.358 e. The molecule has 80 valence electrons. The van der Waals surface area contributed by atoms with Crippen LogP contribution < -0.4 is 10.8 Å². The fraction of sp³-hybridized carbons (Fsp3) is 0.273. The number of halogens is 1. The first-order valence-corrected chi connectivity index (χ1v) is 5.24. The lowest BCUT2D eigenvalue weighted by molar-refractivity contribution is 0.389. The van der Waals surface area contributed by atoms with Gasteiger partial charge >= 0.3 is 0 Å². The van der Waals surface area contributed by atoms with Crippen molar-refractivity contribution in [2.75, 3.05) is 10.8 Å². The summed E-state index contributed by atoms with van der Waals surface area (Å²) in [6, 6.07) is 5.17. The normalized spacial score (nSPS) is 14.8. The molecular weight excluding hydrogens is 212 g/mol. The van der Waals surface area contributed by atoms with Gasteiger partial charge in [0.25, 0.3) is 0 Å². The van der Waals surface area contributed by atoms with Crippen LogP contribution in [0.2, 0.25) is 5.02 Å². The molecule has 1 aromatic carbocycles. The van der Waals surface area contributed by atoms with Gasteiger partial charge in [-0.25, -0.2) is 0 Å². The predicted molar refractivity (Wildman–Crippen MR) is 62.3 cm³/mol. The van der Waals surface area contributed by atoms with Crippen molar-refractivity contribution in [1.29, 1.82) is 0 Å². The fourth-order valence-electron chi connectivity index (χ4n) is 1.40. The highest BCUT2D eigenvalue weighted by molar-refractivity contribution is 6.33. The number of benzene rings is 1. The van der Waals surface area contributed by atoms with Crippen LogP contribution >= 0.6 is 11.6 Å². The lowest BCUT2D eigenvalue weighted by Gasteiger charge is -2.11. The molecule has 0 unspecified atom stereocenters. The minimum atomic E-state index is 0.576. The zero-order valence-electron chi connectivity index (χ0n) is 8.26. The lowest BCUT2D eigenvalue weighted by Crippen LogP contribution is -2.01. The van der Waals surface area contributed by atoms with Crippen molar-refractivity contribution in [3.05, 3.63) is 35.5 Å². The van der Waals surface area contributed by atoms with Gasteiger partial charge in [0.05, 0.1) is 16.4 Å². The van der Waals surface area contributed by atoms with Crippen molar-refractivity contribution in [2.24, 2.45) is 5.92 Å². The monoisotopic (exact) mass is 224 g/mol. The summed E-state index contributed by atoms with van der Waals surface area (Å²) in [5, 5.41) is 12.6. The van der Waals surface area contributed by atoms with E-state index in [9.17, 15) is 0 Å². The number of anilines is 2. The van der Waals surface area contributed by atoms with Gasteiger partial charge in [0, 0.05) is 5.70 Å². The van der Waals surface area contributed by atoms with E-state index >= 15 is 0 Å². The van der Waals surface area contributed by atoms with Gasteiger partial charge in [-0.15, -0.1) is 0 Å². The van der Waals surface area contributed by atoms with E-state index in [0.29, 0.717) is 16.6 Å². The summed E-state index contributed by atoms with van der Waals surface area (Å²) < 4.78 is 0. The Morgan fingerprint density at radius 2 is 2.20 bits per heavy atom. The summed E-state index contributed by atoms with van der Waals surface area (Å²) in [6.45, 7) is 3.96. The van der Waals surface area contributed by atoms with Gasteiger partial charge in [-0.05, 0) is 37.0 Å². The first kappa shape index (κ1) is 10.3. The van der Waals surface area contributed by atoms with Crippen molar-refractivity contribution >= 4 is 23.0 Å². The van der Waals surface area contributed by atoms with E-state index in [2.05, 4.69) is 17.4 Å². The molecule has 1 aromatic rings. The Balaban J connectivity index is 2.14. The highest BCUT2D eigenvalue weighted by Gasteiger charge is 2.24. The van der Waals surface area contributed by atoms with Crippen LogP contribution in [0.4, 0.5) is 11.4 Å². The molecule has 2 rings (SSSR count). The van der Waals surface area contributed by atoms with Gasteiger partial charge in [0.2, 0.25) is 0 Å². The van der Waals surface area contributed by atoms with E-state index in [-0.39, 0.29) is 0 Å². The highest BCUT2D eigenvalue weighted by atomic mass is 35.5. The van der Waals surface area contributed by atoms with Gasteiger partial charge in [-0.3, -0.25) is 10.7 Å². The Bertz CT molecular complexity index is 388. The third kappa shape index (κ3) is 2.43. The van der Waals surface area contributed by atoms with Gasteiger partial charge < -0.3 is 5.32 Å². The Morgan fingerprint density at radius 1 is 1.47 bits per heavy atom. The van der Waals surface area contributed by atoms with E-state index in [4.69, 9.17) is 16.8 Å². The fourth-order valence-corrected chi connectivity index (χ4v) is 1.56. The number of nitrogens with one attached hydrogen (secondary N) is 2. The third-order valence-corrected chi connectivity index (χ3v) is 2.79. The smallest absolute Gasteiger partial charge is 0.0642 e. The maximum absolute atomic E-state index is 8.77. The van der Waals surface area contributed by atoms with Crippen molar-refractivity contribution in [2.45, 2.75) is 12.8 Å². The van der Waals surface area contributed by atoms with Crippen LogP contribution in [0, 0.1) is 5.92 Å². The minimum absolute atomic E-state index is 0.576. The van der Waals surface area contributed by atoms with Crippen LogP contribution in [-0.2, 0) is 0 Å². The SMILES string of the molecule is C=C(Nc1cc(NO)ccc1Cl)C1CC1. The molecule has 1 saturated carbocycles. The van der Waals surface area contributed by atoms with E-state index in [1.165, 1.54) is 12.8 Å². The summed E-state index contributed by atoms with van der Waals surface area (Å²) in [4.78, 5) is 0. The number of hydrogen-bond acceptors (Lipinski definition) is 3. The van der Waals surface area contributed by atoms with Crippen LogP contribution in [0.15, 0.2) is 30.5 Å². The quantitative estimate of drug-likeness (QED) is 0.686. The van der Waals surface area contributed by atoms with Crippen molar-refractivity contribution in [3.63, 3.8) is 0 Å². The Morgan fingerprint density at radius 3 is 2.80 bits per heavy atom. The molecule has 0 aliphatic heterocycles. The van der Waals surface area contributed by atoms with E-state index in [1.807, 2.05) is 0 Å². The van der Waals surface area contributed by atoms with Crippen LogP contribution in [0.5, 0.6) is 0 Å². The summed E-state index contributed by atoms with van der Waals surface area (Å²) in [7, 11) is 0. The average Bonchev–Trinajstić information content (AvgIpc) is 3.04. The van der Waals surface area contributed by atoms with Gasteiger partial charge in [0.15, 0.2) is 0 Å². The Labute approximate surface area is 93.7 Å². The first-order chi connectivity index (χ1) is 7.20. The molecule has 3 nitrogen and oxygen atoms in total. The predicted octanol–water partition coefficient (Wildman–Crippen LogP) is 3.48. The molecule has 15 heavy (non-hydrogen) atoms. The molecule has 0 bridgehead atoms. The van der Waals surface area contributed by atoms with Crippen LogP contribution in [0.3, 0.4) is 0 Å². The Kier molecular flexibility index (Phi) is 2.84. The maximum Gasteiger partial charge on any atom is 0.0642 e. The van der Waals surface area contributed by atoms with Crippen LogP contribution in [0.25, 0.3) is 0 Å². The van der Waals surface area contributed by atoms with Gasteiger partial charge in [0.1, 0.15) is 0 Å². The summed E-state index contributed by atoms with van der Waals surface area (Å²) >= 11 is 6.01. The molecule has 0 spiro atoms. The number of hydrogen-bond donors (Lipinski definition) is 3. The molecule has 3 N–H and O–H groups in total. The van der Waals surface area contributed by atoms with Gasteiger partial charge in [-0.2, -0.15) is 0 Å². The molecule has 1 fully saturated rings. The van der Waals surface area contributed by atoms with E-state index in [0.717, 1.165) is 11.4 Å². The van der Waals surface area contributed by atoms with Gasteiger partial charge in [-0.1, -0.05) is 18.2 Å². The maximum atomic E-state index is 8.77. The summed E-state index contributed by atoms with van der Waals surface area (Å²) in [6.07, 6.45) is 2.39. The highest BCUT2D eigenvalue weighted by Crippen LogP contribution is 2.37. The molecule has 0 aromatic heterocycles. The Hall–Kier alpha value is -1.19. The average molecular weight is 225 g/mol. The molecule has 4 heteroatoms. The molecule has 0 atom stereocenters.